The molecule has 190 valence electrons. The monoisotopic (exact) mass is 493 g/mol. The van der Waals surface area contributed by atoms with Crippen LogP contribution in [0, 0.1) is 6.92 Å². The Kier molecular flexibility index (Phi) is 7.86. The summed E-state index contributed by atoms with van der Waals surface area (Å²) in [6, 6.07) is 29.6. The molecule has 2 unspecified atom stereocenters. The number of methoxy groups -OCH3 is 1. The molecule has 4 heteroatoms. The molecule has 1 heterocycles. The summed E-state index contributed by atoms with van der Waals surface area (Å²) in [5.41, 5.74) is 5.29. The average Bonchev–Trinajstić information content (AvgIpc) is 2.94. The molecule has 2 atom stereocenters. The fraction of sp³-hybridized carbons (Fsp3) is 0.303. The van der Waals surface area contributed by atoms with Crippen molar-refractivity contribution in [3.8, 4) is 5.75 Å². The van der Waals surface area contributed by atoms with E-state index in [0.29, 0.717) is 5.56 Å². The Labute approximate surface area is 219 Å². The van der Waals surface area contributed by atoms with Crippen molar-refractivity contribution < 1.29 is 14.3 Å². The molecule has 0 amide bonds. The Morgan fingerprint density at radius 3 is 2.68 bits per heavy atom. The third kappa shape index (κ3) is 5.70. The van der Waals surface area contributed by atoms with Crippen LogP contribution in [0.4, 0.5) is 0 Å². The van der Waals surface area contributed by atoms with E-state index < -0.39 is 0 Å². The number of carbonyl (C=O) groups excluding carboxylic acids is 1. The van der Waals surface area contributed by atoms with Crippen LogP contribution in [0.15, 0.2) is 84.9 Å². The van der Waals surface area contributed by atoms with Gasteiger partial charge in [0.2, 0.25) is 0 Å². The van der Waals surface area contributed by atoms with Gasteiger partial charge in [-0.1, -0.05) is 72.8 Å². The Morgan fingerprint density at radius 1 is 0.973 bits per heavy atom. The molecule has 5 rings (SSSR count). The van der Waals surface area contributed by atoms with E-state index in [1.165, 1.54) is 29.0 Å². The summed E-state index contributed by atoms with van der Waals surface area (Å²) >= 11 is 0. The number of nitrogens with one attached hydrogen (secondary N) is 1. The van der Waals surface area contributed by atoms with E-state index in [1.54, 1.807) is 0 Å². The van der Waals surface area contributed by atoms with Crippen molar-refractivity contribution in [1.29, 1.82) is 0 Å². The van der Waals surface area contributed by atoms with Crippen LogP contribution in [0.5, 0.6) is 5.75 Å². The molecule has 0 saturated heterocycles. The summed E-state index contributed by atoms with van der Waals surface area (Å²) < 4.78 is 11.4. The van der Waals surface area contributed by atoms with Crippen LogP contribution >= 0.6 is 0 Å². The number of para-hydroxylation sites is 1. The van der Waals surface area contributed by atoms with Gasteiger partial charge in [0.15, 0.2) is 0 Å². The molecule has 1 aliphatic rings. The van der Waals surface area contributed by atoms with Gasteiger partial charge in [-0.25, -0.2) is 4.79 Å². The van der Waals surface area contributed by atoms with Crippen molar-refractivity contribution in [2.75, 3.05) is 20.2 Å². The van der Waals surface area contributed by atoms with Crippen molar-refractivity contribution in [2.45, 2.75) is 44.6 Å². The third-order valence-electron chi connectivity index (χ3n) is 7.49. The molecule has 4 aromatic carbocycles. The van der Waals surface area contributed by atoms with Crippen LogP contribution in [-0.2, 0) is 11.2 Å². The minimum atomic E-state index is -0.286. The predicted molar refractivity (Wildman–Crippen MR) is 150 cm³/mol. The number of benzene rings is 4. The lowest BCUT2D eigenvalue weighted by Crippen LogP contribution is -2.28. The number of esters is 1. The van der Waals surface area contributed by atoms with Crippen molar-refractivity contribution in [3.63, 3.8) is 0 Å². The lowest BCUT2D eigenvalue weighted by atomic mass is 9.82. The van der Waals surface area contributed by atoms with Gasteiger partial charge in [-0.05, 0) is 85.3 Å². The molecule has 0 spiro atoms. The van der Waals surface area contributed by atoms with Gasteiger partial charge in [0.25, 0.3) is 0 Å². The molecule has 0 fully saturated rings. The number of aryl methyl sites for hydroxylation is 1. The molecular formula is C33H35NO3. The van der Waals surface area contributed by atoms with Gasteiger partial charge in [0.1, 0.15) is 5.75 Å². The second-order valence-electron chi connectivity index (χ2n) is 9.91. The van der Waals surface area contributed by atoms with Gasteiger partial charge < -0.3 is 14.8 Å². The van der Waals surface area contributed by atoms with Gasteiger partial charge in [-0.15, -0.1) is 0 Å². The van der Waals surface area contributed by atoms with Crippen LogP contribution in [0.3, 0.4) is 0 Å². The van der Waals surface area contributed by atoms with Gasteiger partial charge in [-0.3, -0.25) is 0 Å². The van der Waals surface area contributed by atoms with Gasteiger partial charge in [0.05, 0.1) is 18.8 Å². The highest BCUT2D eigenvalue weighted by atomic mass is 16.5. The summed E-state index contributed by atoms with van der Waals surface area (Å²) in [6.45, 7) is 3.88. The summed E-state index contributed by atoms with van der Waals surface area (Å²) in [7, 11) is 1.43. The predicted octanol–water partition coefficient (Wildman–Crippen LogP) is 6.83. The van der Waals surface area contributed by atoms with Crippen molar-refractivity contribution in [1.82, 2.24) is 5.32 Å². The number of hydrogen-bond donors (Lipinski definition) is 1. The largest absolute Gasteiger partial charge is 0.490 e. The highest BCUT2D eigenvalue weighted by molar-refractivity contribution is 5.91. The smallest absolute Gasteiger partial charge is 0.338 e. The summed E-state index contributed by atoms with van der Waals surface area (Å²) in [4.78, 5) is 12.3. The summed E-state index contributed by atoms with van der Waals surface area (Å²) in [5, 5.41) is 6.27. The topological polar surface area (TPSA) is 47.6 Å². The quantitative estimate of drug-likeness (QED) is 0.205. The fourth-order valence-electron chi connectivity index (χ4n) is 5.49. The Hall–Kier alpha value is -3.63. The highest BCUT2D eigenvalue weighted by Crippen LogP contribution is 2.41. The van der Waals surface area contributed by atoms with Crippen LogP contribution in [-0.4, -0.2) is 32.3 Å². The summed E-state index contributed by atoms with van der Waals surface area (Å²) in [6.07, 6.45) is 4.10. The molecule has 4 nitrogen and oxygen atoms in total. The molecule has 0 aromatic heterocycles. The molecule has 1 aliphatic heterocycles. The van der Waals surface area contributed by atoms with E-state index in [9.17, 15) is 4.79 Å². The second kappa shape index (κ2) is 11.6. The lowest BCUT2D eigenvalue weighted by Gasteiger charge is -2.33. The molecule has 0 radical (unpaired) electrons. The lowest BCUT2D eigenvalue weighted by molar-refractivity contribution is 0.0599. The molecule has 0 saturated carbocycles. The Bertz CT molecular complexity index is 1370. The van der Waals surface area contributed by atoms with E-state index in [2.05, 4.69) is 72.0 Å². The summed E-state index contributed by atoms with van der Waals surface area (Å²) in [5.74, 6) is 0.858. The zero-order chi connectivity index (χ0) is 25.6. The Morgan fingerprint density at radius 2 is 1.78 bits per heavy atom. The number of hydrogen-bond acceptors (Lipinski definition) is 4. The molecule has 1 N–H and O–H groups in total. The number of ether oxygens (including phenoxy) is 2. The molecule has 0 bridgehead atoms. The van der Waals surface area contributed by atoms with Gasteiger partial charge in [-0.2, -0.15) is 0 Å². The Balaban J connectivity index is 1.19. The van der Waals surface area contributed by atoms with Crippen molar-refractivity contribution in [2.24, 2.45) is 0 Å². The maximum Gasteiger partial charge on any atom is 0.338 e. The van der Waals surface area contributed by atoms with E-state index in [1.807, 2.05) is 25.1 Å². The zero-order valence-corrected chi connectivity index (χ0v) is 21.7. The first-order valence-corrected chi connectivity index (χ1v) is 13.3. The molecule has 37 heavy (non-hydrogen) atoms. The molecular weight excluding hydrogens is 458 g/mol. The van der Waals surface area contributed by atoms with Crippen molar-refractivity contribution >= 4 is 16.7 Å². The van der Waals surface area contributed by atoms with Crippen LogP contribution in [0.25, 0.3) is 10.8 Å². The normalized spacial score (nSPS) is 16.7. The zero-order valence-electron chi connectivity index (χ0n) is 21.7. The second-order valence-corrected chi connectivity index (χ2v) is 9.91. The minimum absolute atomic E-state index is 0.141. The first kappa shape index (κ1) is 25.0. The SMILES string of the molecule is COC(=O)c1cc(C2CC(CCCNCCc3cccc4ccccc34)Oc3ccccc32)ccc1C. The van der Waals surface area contributed by atoms with E-state index >= 15 is 0 Å². The van der Waals surface area contributed by atoms with Crippen molar-refractivity contribution in [3.05, 3.63) is 113 Å². The van der Waals surface area contributed by atoms with E-state index in [0.717, 1.165) is 55.6 Å². The highest BCUT2D eigenvalue weighted by Gasteiger charge is 2.29. The number of fused-ring (bicyclic) bond motifs is 2. The minimum Gasteiger partial charge on any atom is -0.490 e. The van der Waals surface area contributed by atoms with Crippen LogP contribution in [0.1, 0.15) is 57.8 Å². The number of rotatable bonds is 9. The van der Waals surface area contributed by atoms with Crippen LogP contribution in [0.2, 0.25) is 0 Å². The molecule has 4 aromatic rings. The third-order valence-corrected chi connectivity index (χ3v) is 7.49. The van der Waals surface area contributed by atoms with Crippen LogP contribution < -0.4 is 10.1 Å². The maximum atomic E-state index is 12.3. The van der Waals surface area contributed by atoms with E-state index in [-0.39, 0.29) is 18.0 Å². The van der Waals surface area contributed by atoms with Gasteiger partial charge in [0, 0.05) is 11.5 Å². The van der Waals surface area contributed by atoms with E-state index in [4.69, 9.17) is 9.47 Å². The first-order chi connectivity index (χ1) is 18.1. The average molecular weight is 494 g/mol. The fourth-order valence-corrected chi connectivity index (χ4v) is 5.49. The standard InChI is InChI=1S/C33H35NO3/c1-23-16-17-26(21-30(23)33(35)36-2)31-22-27(37-32-15-6-5-14-29(31)32)12-8-19-34-20-18-25-11-7-10-24-9-3-4-13-28(24)25/h3-7,9-11,13-17,21,27,31,34H,8,12,18-20,22H2,1-2H3. The maximum absolute atomic E-state index is 12.3. The first-order valence-electron chi connectivity index (χ1n) is 13.3. The van der Waals surface area contributed by atoms with Gasteiger partial charge >= 0.3 is 5.97 Å². The molecule has 0 aliphatic carbocycles. The number of carbonyl (C=O) groups is 1.